The Bertz CT molecular complexity index is 469. The van der Waals surface area contributed by atoms with Crippen molar-refractivity contribution in [1.29, 1.82) is 0 Å². The monoisotopic (exact) mass is 305 g/mol. The fourth-order valence-electron chi connectivity index (χ4n) is 3.16. The van der Waals surface area contributed by atoms with Crippen molar-refractivity contribution in [3.63, 3.8) is 0 Å². The van der Waals surface area contributed by atoms with E-state index in [-0.39, 0.29) is 0 Å². The highest BCUT2D eigenvalue weighted by Gasteiger charge is 2.14. The fourth-order valence-corrected chi connectivity index (χ4v) is 3.16. The van der Waals surface area contributed by atoms with Crippen molar-refractivity contribution in [2.45, 2.75) is 19.3 Å². The van der Waals surface area contributed by atoms with Crippen molar-refractivity contribution in [3.05, 3.63) is 18.2 Å². The second-order valence-corrected chi connectivity index (χ2v) is 6.07. The summed E-state index contributed by atoms with van der Waals surface area (Å²) in [6.07, 6.45) is 3.85. The topological polar surface area (TPSA) is 51.0 Å². The van der Waals surface area contributed by atoms with Crippen LogP contribution in [0.25, 0.3) is 0 Å². The second-order valence-electron chi connectivity index (χ2n) is 6.07. The Morgan fingerprint density at radius 1 is 1.05 bits per heavy atom. The van der Waals surface area contributed by atoms with Crippen LogP contribution in [0.4, 0.5) is 11.4 Å². The Kier molecular flexibility index (Phi) is 5.40. The quantitative estimate of drug-likeness (QED) is 0.843. The van der Waals surface area contributed by atoms with Crippen LogP contribution in [0.3, 0.4) is 0 Å². The lowest BCUT2D eigenvalue weighted by molar-refractivity contribution is 0.0322. The molecule has 2 aliphatic heterocycles. The van der Waals surface area contributed by atoms with Crippen LogP contribution >= 0.6 is 0 Å². The molecule has 2 N–H and O–H groups in total. The van der Waals surface area contributed by atoms with Gasteiger partial charge in [0.1, 0.15) is 12.4 Å². The summed E-state index contributed by atoms with van der Waals surface area (Å²) in [5.74, 6) is 0.867. The van der Waals surface area contributed by atoms with E-state index >= 15 is 0 Å². The number of piperidine rings is 1. The van der Waals surface area contributed by atoms with E-state index in [2.05, 4.69) is 15.9 Å². The largest absolute Gasteiger partial charge is 0.492 e. The van der Waals surface area contributed by atoms with Gasteiger partial charge in [-0.2, -0.15) is 0 Å². The predicted molar refractivity (Wildman–Crippen MR) is 89.7 cm³/mol. The molecular formula is C17H27N3O2. The van der Waals surface area contributed by atoms with Crippen LogP contribution in [0.15, 0.2) is 18.2 Å². The number of ether oxygens (including phenoxy) is 2. The zero-order valence-electron chi connectivity index (χ0n) is 13.3. The van der Waals surface area contributed by atoms with E-state index in [4.69, 9.17) is 15.2 Å². The summed E-state index contributed by atoms with van der Waals surface area (Å²) in [6, 6.07) is 6.10. The molecule has 2 heterocycles. The van der Waals surface area contributed by atoms with Gasteiger partial charge in [0.15, 0.2) is 0 Å². The van der Waals surface area contributed by atoms with E-state index in [1.165, 1.54) is 19.3 Å². The maximum absolute atomic E-state index is 6.22. The van der Waals surface area contributed by atoms with Crippen LogP contribution < -0.4 is 15.4 Å². The van der Waals surface area contributed by atoms with Gasteiger partial charge in [-0.3, -0.25) is 4.90 Å². The van der Waals surface area contributed by atoms with Crippen molar-refractivity contribution in [2.24, 2.45) is 0 Å². The number of hydrogen-bond acceptors (Lipinski definition) is 5. The van der Waals surface area contributed by atoms with Gasteiger partial charge in [-0.25, -0.2) is 0 Å². The summed E-state index contributed by atoms with van der Waals surface area (Å²) in [5.41, 5.74) is 8.20. The molecule has 0 unspecified atom stereocenters. The molecule has 0 radical (unpaired) electrons. The summed E-state index contributed by atoms with van der Waals surface area (Å²) in [5, 5.41) is 0. The molecule has 0 spiro atoms. The maximum Gasteiger partial charge on any atom is 0.121 e. The minimum atomic E-state index is 0.697. The first-order valence-corrected chi connectivity index (χ1v) is 8.40. The molecule has 2 aliphatic rings. The molecule has 0 aromatic heterocycles. The Labute approximate surface area is 133 Å². The Balaban J connectivity index is 1.50. The lowest BCUT2D eigenvalue weighted by atomic mass is 10.1. The molecule has 5 heteroatoms. The number of rotatable bonds is 5. The lowest BCUT2D eigenvalue weighted by Crippen LogP contribution is -2.38. The first-order chi connectivity index (χ1) is 10.8. The van der Waals surface area contributed by atoms with Gasteiger partial charge in [0.25, 0.3) is 0 Å². The first kappa shape index (κ1) is 15.4. The summed E-state index contributed by atoms with van der Waals surface area (Å²) in [7, 11) is 0. The molecule has 3 rings (SSSR count). The third-order valence-electron chi connectivity index (χ3n) is 4.48. The third kappa shape index (κ3) is 4.05. The molecule has 0 saturated carbocycles. The molecular weight excluding hydrogens is 278 g/mol. The summed E-state index contributed by atoms with van der Waals surface area (Å²) >= 11 is 0. The van der Waals surface area contributed by atoms with Crippen LogP contribution in [0, 0.1) is 0 Å². The zero-order chi connectivity index (χ0) is 15.2. The Morgan fingerprint density at radius 3 is 2.55 bits per heavy atom. The highest BCUT2D eigenvalue weighted by molar-refractivity contribution is 5.69. The fraction of sp³-hybridized carbons (Fsp3) is 0.647. The number of nitrogens with zero attached hydrogens (tertiary/aromatic N) is 2. The van der Waals surface area contributed by atoms with Crippen molar-refractivity contribution in [1.82, 2.24) is 4.90 Å². The molecule has 2 fully saturated rings. The SMILES string of the molecule is Nc1cc(OCCN2CCOCC2)ccc1N1CCCCC1. The average Bonchev–Trinajstić information content (AvgIpc) is 2.57. The van der Waals surface area contributed by atoms with Gasteiger partial charge < -0.3 is 20.1 Å². The summed E-state index contributed by atoms with van der Waals surface area (Å²) < 4.78 is 11.2. The van der Waals surface area contributed by atoms with Crippen molar-refractivity contribution in [2.75, 3.05) is 63.2 Å². The number of nitrogens with two attached hydrogens (primary N) is 1. The molecule has 0 atom stereocenters. The minimum Gasteiger partial charge on any atom is -0.492 e. The van der Waals surface area contributed by atoms with Crippen LogP contribution in [0.5, 0.6) is 5.75 Å². The van der Waals surface area contributed by atoms with Crippen molar-refractivity contribution in [3.8, 4) is 5.75 Å². The first-order valence-electron chi connectivity index (χ1n) is 8.40. The number of anilines is 2. The van der Waals surface area contributed by atoms with Gasteiger partial charge in [-0.1, -0.05) is 0 Å². The maximum atomic E-state index is 6.22. The smallest absolute Gasteiger partial charge is 0.121 e. The van der Waals surface area contributed by atoms with E-state index in [1.54, 1.807) is 0 Å². The van der Waals surface area contributed by atoms with Gasteiger partial charge in [0, 0.05) is 38.8 Å². The molecule has 0 amide bonds. The number of nitrogen functional groups attached to an aromatic ring is 1. The van der Waals surface area contributed by atoms with E-state index < -0.39 is 0 Å². The van der Waals surface area contributed by atoms with Gasteiger partial charge in [-0.15, -0.1) is 0 Å². The van der Waals surface area contributed by atoms with Crippen molar-refractivity contribution >= 4 is 11.4 Å². The van der Waals surface area contributed by atoms with Crippen LogP contribution in [-0.2, 0) is 4.74 Å². The second kappa shape index (κ2) is 7.70. The van der Waals surface area contributed by atoms with Crippen LogP contribution in [-0.4, -0.2) is 57.4 Å². The van der Waals surface area contributed by atoms with Gasteiger partial charge in [0.2, 0.25) is 0 Å². The Morgan fingerprint density at radius 2 is 1.82 bits per heavy atom. The molecule has 2 saturated heterocycles. The molecule has 5 nitrogen and oxygen atoms in total. The standard InChI is InChI=1S/C17H27N3O2/c18-16-14-15(22-13-10-19-8-11-21-12-9-19)4-5-17(16)20-6-2-1-3-7-20/h4-5,14H,1-3,6-13,18H2. The Hall–Kier alpha value is -1.46. The molecule has 0 aliphatic carbocycles. The summed E-state index contributed by atoms with van der Waals surface area (Å²) in [6.45, 7) is 7.52. The predicted octanol–water partition coefficient (Wildman–Crippen LogP) is 1.97. The number of hydrogen-bond donors (Lipinski definition) is 1. The molecule has 0 bridgehead atoms. The number of benzene rings is 1. The zero-order valence-corrected chi connectivity index (χ0v) is 13.3. The van der Waals surface area contributed by atoms with E-state index in [0.29, 0.717) is 6.61 Å². The van der Waals surface area contributed by atoms with E-state index in [0.717, 1.165) is 63.1 Å². The van der Waals surface area contributed by atoms with Gasteiger partial charge >= 0.3 is 0 Å². The van der Waals surface area contributed by atoms with Crippen LogP contribution in [0.2, 0.25) is 0 Å². The normalized spacial score (nSPS) is 20.1. The highest BCUT2D eigenvalue weighted by Crippen LogP contribution is 2.29. The van der Waals surface area contributed by atoms with Crippen LogP contribution in [0.1, 0.15) is 19.3 Å². The number of morpholine rings is 1. The minimum absolute atomic E-state index is 0.697. The van der Waals surface area contributed by atoms with Gasteiger partial charge in [-0.05, 0) is 31.4 Å². The average molecular weight is 305 g/mol. The van der Waals surface area contributed by atoms with Gasteiger partial charge in [0.05, 0.1) is 24.6 Å². The molecule has 122 valence electrons. The molecule has 1 aromatic carbocycles. The van der Waals surface area contributed by atoms with E-state index in [1.807, 2.05) is 12.1 Å². The molecule has 22 heavy (non-hydrogen) atoms. The summed E-state index contributed by atoms with van der Waals surface area (Å²) in [4.78, 5) is 4.76. The third-order valence-corrected chi connectivity index (χ3v) is 4.48. The van der Waals surface area contributed by atoms with E-state index in [9.17, 15) is 0 Å². The van der Waals surface area contributed by atoms with Crippen molar-refractivity contribution < 1.29 is 9.47 Å². The molecule has 1 aromatic rings. The lowest BCUT2D eigenvalue weighted by Gasteiger charge is -2.30. The highest BCUT2D eigenvalue weighted by atomic mass is 16.5.